The van der Waals surface area contributed by atoms with Crippen LogP contribution < -0.4 is 14.8 Å². The number of carbonyl (C=O) groups excluding carboxylic acids is 1. The summed E-state index contributed by atoms with van der Waals surface area (Å²) >= 11 is 0. The molecule has 2 rings (SSSR count). The van der Waals surface area contributed by atoms with E-state index in [9.17, 15) is 9.18 Å². The fourth-order valence-electron chi connectivity index (χ4n) is 2.97. The molecule has 0 heterocycles. The molecule has 1 unspecified atom stereocenters. The number of methoxy groups -OCH3 is 1. The van der Waals surface area contributed by atoms with Crippen molar-refractivity contribution in [2.45, 2.75) is 38.6 Å². The van der Waals surface area contributed by atoms with Crippen LogP contribution in [0.3, 0.4) is 0 Å². The molecule has 1 aromatic carbocycles. The average molecular weight is 319 g/mol. The third-order valence-corrected chi connectivity index (χ3v) is 4.26. The summed E-state index contributed by atoms with van der Waals surface area (Å²) in [7, 11) is 1.39. The van der Waals surface area contributed by atoms with Crippen molar-refractivity contribution in [2.75, 3.05) is 13.7 Å². The average Bonchev–Trinajstić information content (AvgIpc) is 3.07. The Bertz CT molecular complexity index is 603. The van der Waals surface area contributed by atoms with Gasteiger partial charge in [-0.3, -0.25) is 4.79 Å². The molecule has 1 amide bonds. The molecule has 0 saturated heterocycles. The zero-order chi connectivity index (χ0) is 16.8. The predicted octanol–water partition coefficient (Wildman–Crippen LogP) is 3.15. The molecule has 0 bridgehead atoms. The van der Waals surface area contributed by atoms with Gasteiger partial charge in [0.25, 0.3) is 5.91 Å². The minimum absolute atomic E-state index is 0.0661. The Kier molecular flexibility index (Phi) is 5.86. The second-order valence-electron chi connectivity index (χ2n) is 5.79. The van der Waals surface area contributed by atoms with E-state index in [2.05, 4.69) is 11.2 Å². The van der Waals surface area contributed by atoms with Gasteiger partial charge in [0.2, 0.25) is 0 Å². The van der Waals surface area contributed by atoms with E-state index in [0.29, 0.717) is 5.92 Å². The molecule has 23 heavy (non-hydrogen) atoms. The molecule has 1 saturated carbocycles. The molecule has 1 fully saturated rings. The first-order valence-corrected chi connectivity index (χ1v) is 7.81. The largest absolute Gasteiger partial charge is 0.493 e. The molecular formula is C18H22FNO3. The number of halogens is 1. The summed E-state index contributed by atoms with van der Waals surface area (Å²) in [5, 5.41) is 2.94. The van der Waals surface area contributed by atoms with Gasteiger partial charge < -0.3 is 14.8 Å². The van der Waals surface area contributed by atoms with Crippen molar-refractivity contribution >= 4 is 5.91 Å². The summed E-state index contributed by atoms with van der Waals surface area (Å²) in [4.78, 5) is 12.4. The van der Waals surface area contributed by atoms with Crippen molar-refractivity contribution < 1.29 is 18.7 Å². The molecule has 1 aliphatic rings. The van der Waals surface area contributed by atoms with E-state index in [4.69, 9.17) is 15.9 Å². The monoisotopic (exact) mass is 319 g/mol. The molecule has 124 valence electrons. The minimum Gasteiger partial charge on any atom is -0.493 e. The number of nitrogens with one attached hydrogen (secondary N) is 1. The van der Waals surface area contributed by atoms with Gasteiger partial charge in [-0.1, -0.05) is 18.8 Å². The maximum Gasteiger partial charge on any atom is 0.251 e. The predicted molar refractivity (Wildman–Crippen MR) is 86.2 cm³/mol. The van der Waals surface area contributed by atoms with Crippen LogP contribution in [0.15, 0.2) is 12.1 Å². The summed E-state index contributed by atoms with van der Waals surface area (Å²) in [6, 6.07) is 2.67. The van der Waals surface area contributed by atoms with Crippen LogP contribution in [-0.2, 0) is 0 Å². The van der Waals surface area contributed by atoms with E-state index in [1.807, 2.05) is 6.92 Å². The molecule has 0 spiro atoms. The van der Waals surface area contributed by atoms with Crippen LogP contribution in [0.4, 0.5) is 4.39 Å². The normalized spacial score (nSPS) is 15.7. The molecule has 0 aliphatic heterocycles. The number of carbonyl (C=O) groups is 1. The first kappa shape index (κ1) is 17.1. The van der Waals surface area contributed by atoms with Crippen LogP contribution in [0.1, 0.15) is 43.0 Å². The first-order valence-electron chi connectivity index (χ1n) is 7.81. The molecule has 1 aliphatic carbocycles. The second-order valence-corrected chi connectivity index (χ2v) is 5.79. The van der Waals surface area contributed by atoms with E-state index in [-0.39, 0.29) is 35.6 Å². The van der Waals surface area contributed by atoms with Crippen molar-refractivity contribution in [2.24, 2.45) is 5.92 Å². The number of hydrogen-bond donors (Lipinski definition) is 1. The van der Waals surface area contributed by atoms with Gasteiger partial charge in [0.15, 0.2) is 17.3 Å². The standard InChI is InChI=1S/C18H22FNO3/c1-4-9-23-17-15(19)10-14(11-16(17)22-3)18(21)20-12(2)13-7-5-6-8-13/h1,10-13H,5-9H2,2-3H3,(H,20,21). The summed E-state index contributed by atoms with van der Waals surface area (Å²) in [6.07, 6.45) is 9.76. The molecule has 1 atom stereocenters. The van der Waals surface area contributed by atoms with Crippen LogP contribution in [-0.4, -0.2) is 25.7 Å². The number of terminal acetylenes is 1. The Balaban J connectivity index is 2.13. The van der Waals surface area contributed by atoms with Gasteiger partial charge in [0, 0.05) is 11.6 Å². The van der Waals surface area contributed by atoms with E-state index < -0.39 is 5.82 Å². The lowest BCUT2D eigenvalue weighted by Crippen LogP contribution is -2.37. The Morgan fingerprint density at radius 3 is 2.78 bits per heavy atom. The number of amides is 1. The molecule has 1 aromatic rings. The number of benzene rings is 1. The maximum absolute atomic E-state index is 14.2. The quantitative estimate of drug-likeness (QED) is 0.819. The number of ether oxygens (including phenoxy) is 2. The topological polar surface area (TPSA) is 47.6 Å². The van der Waals surface area contributed by atoms with Crippen molar-refractivity contribution in [1.29, 1.82) is 0 Å². The number of rotatable bonds is 6. The maximum atomic E-state index is 14.2. The van der Waals surface area contributed by atoms with Gasteiger partial charge >= 0.3 is 0 Å². The van der Waals surface area contributed by atoms with Crippen LogP contribution in [0.2, 0.25) is 0 Å². The smallest absolute Gasteiger partial charge is 0.251 e. The highest BCUT2D eigenvalue weighted by Gasteiger charge is 2.24. The highest BCUT2D eigenvalue weighted by atomic mass is 19.1. The van der Waals surface area contributed by atoms with Gasteiger partial charge in [-0.25, -0.2) is 4.39 Å². The zero-order valence-corrected chi connectivity index (χ0v) is 13.5. The van der Waals surface area contributed by atoms with Gasteiger partial charge in [0.1, 0.15) is 6.61 Å². The van der Waals surface area contributed by atoms with Crippen molar-refractivity contribution in [1.82, 2.24) is 5.32 Å². The van der Waals surface area contributed by atoms with E-state index in [1.54, 1.807) is 0 Å². The zero-order valence-electron chi connectivity index (χ0n) is 13.5. The lowest BCUT2D eigenvalue weighted by atomic mass is 9.99. The van der Waals surface area contributed by atoms with E-state index in [1.165, 1.54) is 26.0 Å². The van der Waals surface area contributed by atoms with Crippen LogP contribution in [0, 0.1) is 24.1 Å². The number of hydrogen-bond acceptors (Lipinski definition) is 3. The molecular weight excluding hydrogens is 297 g/mol. The second kappa shape index (κ2) is 7.87. The van der Waals surface area contributed by atoms with E-state index >= 15 is 0 Å². The lowest BCUT2D eigenvalue weighted by Gasteiger charge is -2.20. The SMILES string of the molecule is C#CCOc1c(F)cc(C(=O)NC(C)C2CCCC2)cc1OC. The fourth-order valence-corrected chi connectivity index (χ4v) is 2.97. The highest BCUT2D eigenvalue weighted by Crippen LogP contribution is 2.32. The highest BCUT2D eigenvalue weighted by molar-refractivity contribution is 5.95. The summed E-state index contributed by atoms with van der Waals surface area (Å²) in [5.74, 6) is 1.85. The lowest BCUT2D eigenvalue weighted by molar-refractivity contribution is 0.0926. The van der Waals surface area contributed by atoms with Gasteiger partial charge in [-0.05, 0) is 37.8 Å². The van der Waals surface area contributed by atoms with Crippen molar-refractivity contribution in [3.8, 4) is 23.8 Å². The Labute approximate surface area is 136 Å². The Hall–Kier alpha value is -2.22. The van der Waals surface area contributed by atoms with Gasteiger partial charge in [-0.2, -0.15) is 0 Å². The molecule has 4 nitrogen and oxygen atoms in total. The summed E-state index contributed by atoms with van der Waals surface area (Å²) in [5.41, 5.74) is 0.206. The van der Waals surface area contributed by atoms with E-state index in [0.717, 1.165) is 18.9 Å². The van der Waals surface area contributed by atoms with Crippen LogP contribution in [0.25, 0.3) is 0 Å². The Morgan fingerprint density at radius 1 is 1.48 bits per heavy atom. The molecule has 0 aromatic heterocycles. The fraction of sp³-hybridized carbons (Fsp3) is 0.500. The molecule has 1 N–H and O–H groups in total. The third-order valence-electron chi connectivity index (χ3n) is 4.26. The molecule has 0 radical (unpaired) electrons. The minimum atomic E-state index is -0.668. The van der Waals surface area contributed by atoms with Crippen LogP contribution >= 0.6 is 0 Å². The summed E-state index contributed by atoms with van der Waals surface area (Å²) in [6.45, 7) is 1.92. The van der Waals surface area contributed by atoms with Gasteiger partial charge in [0.05, 0.1) is 7.11 Å². The van der Waals surface area contributed by atoms with Crippen LogP contribution in [0.5, 0.6) is 11.5 Å². The van der Waals surface area contributed by atoms with Crippen molar-refractivity contribution in [3.05, 3.63) is 23.5 Å². The summed E-state index contributed by atoms with van der Waals surface area (Å²) < 4.78 is 24.4. The third kappa shape index (κ3) is 4.16. The Morgan fingerprint density at radius 2 is 2.17 bits per heavy atom. The van der Waals surface area contributed by atoms with Gasteiger partial charge in [-0.15, -0.1) is 6.42 Å². The molecule has 5 heteroatoms. The first-order chi connectivity index (χ1) is 11.1. The van der Waals surface area contributed by atoms with Crippen molar-refractivity contribution in [3.63, 3.8) is 0 Å².